The Kier molecular flexibility index (Phi) is 3.54. The van der Waals surface area contributed by atoms with Crippen LogP contribution in [0.2, 0.25) is 0 Å². The molecule has 0 aliphatic carbocycles. The number of nitrogens with zero attached hydrogens (tertiary/aromatic N) is 3. The standard InChI is InChI=1S/C15H20N4O/c1-11-3-2-6-19-14(20)9-13(17-15(11)19)10-18-7-4-12(16)5-8-18/h2-3,6,9,12H,4-5,7-8,10,16H2,1H3. The lowest BCUT2D eigenvalue weighted by Gasteiger charge is -2.29. The minimum atomic E-state index is -0.0117. The van der Waals surface area contributed by atoms with E-state index in [1.165, 1.54) is 0 Å². The molecule has 5 nitrogen and oxygen atoms in total. The van der Waals surface area contributed by atoms with Crippen LogP contribution < -0.4 is 11.3 Å². The number of nitrogens with two attached hydrogens (primary N) is 1. The van der Waals surface area contributed by atoms with Crippen LogP contribution in [0.3, 0.4) is 0 Å². The van der Waals surface area contributed by atoms with Gasteiger partial charge < -0.3 is 5.73 Å². The SMILES string of the molecule is Cc1cccn2c(=O)cc(CN3CCC(N)CC3)nc12. The van der Waals surface area contributed by atoms with Crippen molar-refractivity contribution in [2.24, 2.45) is 5.73 Å². The average molecular weight is 272 g/mol. The van der Waals surface area contributed by atoms with Crippen LogP contribution in [0.1, 0.15) is 24.1 Å². The van der Waals surface area contributed by atoms with Crippen LogP contribution in [0.4, 0.5) is 0 Å². The zero-order valence-electron chi connectivity index (χ0n) is 11.7. The third-order valence-corrected chi connectivity index (χ3v) is 3.96. The second-order valence-electron chi connectivity index (χ2n) is 5.58. The second-order valence-corrected chi connectivity index (χ2v) is 5.58. The van der Waals surface area contributed by atoms with Crippen LogP contribution in [0, 0.1) is 6.92 Å². The zero-order valence-corrected chi connectivity index (χ0v) is 11.7. The van der Waals surface area contributed by atoms with Gasteiger partial charge in [-0.15, -0.1) is 0 Å². The molecule has 0 spiro atoms. The molecule has 0 radical (unpaired) electrons. The lowest BCUT2D eigenvalue weighted by Crippen LogP contribution is -2.39. The second kappa shape index (κ2) is 5.34. The van der Waals surface area contributed by atoms with Gasteiger partial charge in [-0.1, -0.05) is 6.07 Å². The number of fused-ring (bicyclic) bond motifs is 1. The van der Waals surface area contributed by atoms with Crippen molar-refractivity contribution in [1.29, 1.82) is 0 Å². The summed E-state index contributed by atoms with van der Waals surface area (Å²) in [6.45, 7) is 4.67. The number of hydrogen-bond donors (Lipinski definition) is 1. The maximum atomic E-state index is 12.1. The van der Waals surface area contributed by atoms with E-state index in [2.05, 4.69) is 9.88 Å². The van der Waals surface area contributed by atoms with Gasteiger partial charge in [0.1, 0.15) is 5.65 Å². The van der Waals surface area contributed by atoms with Gasteiger partial charge in [0.2, 0.25) is 0 Å². The van der Waals surface area contributed by atoms with Crippen LogP contribution in [-0.4, -0.2) is 33.4 Å². The number of aryl methyl sites for hydroxylation is 1. The Hall–Kier alpha value is -1.72. The maximum absolute atomic E-state index is 12.1. The predicted octanol–water partition coefficient (Wildman–Crippen LogP) is 0.926. The molecular formula is C15H20N4O. The van der Waals surface area contributed by atoms with Gasteiger partial charge in [0.15, 0.2) is 0 Å². The molecule has 2 aromatic heterocycles. The molecule has 106 valence electrons. The lowest BCUT2D eigenvalue weighted by molar-refractivity contribution is 0.203. The van der Waals surface area contributed by atoms with Crippen molar-refractivity contribution < 1.29 is 0 Å². The monoisotopic (exact) mass is 272 g/mol. The molecule has 0 amide bonds. The zero-order chi connectivity index (χ0) is 14.1. The van der Waals surface area contributed by atoms with Crippen molar-refractivity contribution >= 4 is 5.65 Å². The fourth-order valence-electron chi connectivity index (χ4n) is 2.73. The fraction of sp³-hybridized carbons (Fsp3) is 0.467. The molecule has 20 heavy (non-hydrogen) atoms. The molecular weight excluding hydrogens is 252 g/mol. The van der Waals surface area contributed by atoms with Crippen molar-refractivity contribution in [3.63, 3.8) is 0 Å². The first-order valence-corrected chi connectivity index (χ1v) is 7.09. The van der Waals surface area contributed by atoms with Crippen LogP contribution in [-0.2, 0) is 6.54 Å². The Bertz CT molecular complexity index is 671. The number of likely N-dealkylation sites (tertiary alicyclic amines) is 1. The van der Waals surface area contributed by atoms with Crippen LogP contribution in [0.5, 0.6) is 0 Å². The minimum absolute atomic E-state index is 0.0117. The molecule has 3 heterocycles. The van der Waals surface area contributed by atoms with Crippen molar-refractivity contribution in [1.82, 2.24) is 14.3 Å². The molecule has 1 aliphatic rings. The Morgan fingerprint density at radius 1 is 1.40 bits per heavy atom. The molecule has 1 fully saturated rings. The fourth-order valence-corrected chi connectivity index (χ4v) is 2.73. The van der Waals surface area contributed by atoms with Gasteiger partial charge in [-0.3, -0.25) is 14.1 Å². The first-order chi connectivity index (χ1) is 9.63. The van der Waals surface area contributed by atoms with E-state index < -0.39 is 0 Å². The summed E-state index contributed by atoms with van der Waals surface area (Å²) in [6, 6.07) is 5.81. The Labute approximate surface area is 118 Å². The highest BCUT2D eigenvalue weighted by Crippen LogP contribution is 2.12. The average Bonchev–Trinajstić information content (AvgIpc) is 2.43. The number of piperidine rings is 1. The van der Waals surface area contributed by atoms with E-state index in [4.69, 9.17) is 5.73 Å². The quantitative estimate of drug-likeness (QED) is 0.883. The molecule has 0 atom stereocenters. The first-order valence-electron chi connectivity index (χ1n) is 7.09. The molecule has 3 rings (SSSR count). The van der Waals surface area contributed by atoms with Gasteiger partial charge in [-0.05, 0) is 31.4 Å². The summed E-state index contributed by atoms with van der Waals surface area (Å²) in [5, 5.41) is 0. The third kappa shape index (κ3) is 2.59. The van der Waals surface area contributed by atoms with Gasteiger partial charge in [0.25, 0.3) is 5.56 Å². The molecule has 0 unspecified atom stereocenters. The summed E-state index contributed by atoms with van der Waals surface area (Å²) in [5.41, 5.74) is 8.52. The van der Waals surface area contributed by atoms with Gasteiger partial charge >= 0.3 is 0 Å². The topological polar surface area (TPSA) is 63.6 Å². The molecule has 0 bridgehead atoms. The number of rotatable bonds is 2. The molecule has 2 N–H and O–H groups in total. The van der Waals surface area contributed by atoms with E-state index in [0.717, 1.165) is 49.4 Å². The Morgan fingerprint density at radius 3 is 2.90 bits per heavy atom. The molecule has 1 saturated heterocycles. The van der Waals surface area contributed by atoms with Gasteiger partial charge in [0, 0.05) is 37.9 Å². The van der Waals surface area contributed by atoms with Crippen molar-refractivity contribution in [3.05, 3.63) is 46.0 Å². The molecule has 2 aromatic rings. The van der Waals surface area contributed by atoms with E-state index in [1.807, 2.05) is 19.1 Å². The summed E-state index contributed by atoms with van der Waals surface area (Å²) in [5.74, 6) is 0. The van der Waals surface area contributed by atoms with Crippen molar-refractivity contribution in [2.75, 3.05) is 13.1 Å². The summed E-state index contributed by atoms with van der Waals surface area (Å²) >= 11 is 0. The number of hydrogen-bond acceptors (Lipinski definition) is 4. The van der Waals surface area contributed by atoms with Crippen LogP contribution >= 0.6 is 0 Å². The largest absolute Gasteiger partial charge is 0.328 e. The highest BCUT2D eigenvalue weighted by atomic mass is 16.1. The van der Waals surface area contributed by atoms with E-state index in [-0.39, 0.29) is 5.56 Å². The summed E-state index contributed by atoms with van der Waals surface area (Å²) < 4.78 is 1.60. The van der Waals surface area contributed by atoms with E-state index >= 15 is 0 Å². The lowest BCUT2D eigenvalue weighted by atomic mass is 10.1. The van der Waals surface area contributed by atoms with Crippen molar-refractivity contribution in [3.8, 4) is 0 Å². The maximum Gasteiger partial charge on any atom is 0.258 e. The predicted molar refractivity (Wildman–Crippen MR) is 78.7 cm³/mol. The van der Waals surface area contributed by atoms with Crippen LogP contribution in [0.25, 0.3) is 5.65 Å². The summed E-state index contributed by atoms with van der Waals surface area (Å²) in [6.07, 6.45) is 3.80. The molecule has 5 heteroatoms. The molecule has 0 aromatic carbocycles. The van der Waals surface area contributed by atoms with Crippen LogP contribution in [0.15, 0.2) is 29.2 Å². The van der Waals surface area contributed by atoms with E-state index in [9.17, 15) is 4.79 Å². The Balaban J connectivity index is 1.89. The molecule has 0 saturated carbocycles. The highest BCUT2D eigenvalue weighted by Gasteiger charge is 2.17. The smallest absolute Gasteiger partial charge is 0.258 e. The first kappa shape index (κ1) is 13.3. The van der Waals surface area contributed by atoms with E-state index in [1.54, 1.807) is 16.7 Å². The van der Waals surface area contributed by atoms with E-state index in [0.29, 0.717) is 6.04 Å². The van der Waals surface area contributed by atoms with Gasteiger partial charge in [0.05, 0.1) is 5.69 Å². The number of pyridine rings is 1. The summed E-state index contributed by atoms with van der Waals surface area (Å²) in [7, 11) is 0. The third-order valence-electron chi connectivity index (χ3n) is 3.96. The van der Waals surface area contributed by atoms with Gasteiger partial charge in [-0.25, -0.2) is 4.98 Å². The minimum Gasteiger partial charge on any atom is -0.328 e. The Morgan fingerprint density at radius 2 is 2.15 bits per heavy atom. The van der Waals surface area contributed by atoms with Crippen molar-refractivity contribution in [2.45, 2.75) is 32.4 Å². The highest BCUT2D eigenvalue weighted by molar-refractivity contribution is 5.46. The number of aromatic nitrogens is 2. The van der Waals surface area contributed by atoms with Gasteiger partial charge in [-0.2, -0.15) is 0 Å². The molecule has 1 aliphatic heterocycles. The summed E-state index contributed by atoms with van der Waals surface area (Å²) in [4.78, 5) is 19.1. The normalized spacial score (nSPS) is 17.7.